The van der Waals surface area contributed by atoms with E-state index >= 15 is 0 Å². The van der Waals surface area contributed by atoms with Crippen molar-refractivity contribution in [1.82, 2.24) is 19.9 Å². The van der Waals surface area contributed by atoms with Gasteiger partial charge in [0.2, 0.25) is 15.9 Å². The second-order valence-corrected chi connectivity index (χ2v) is 9.69. The number of thioether (sulfide) groups is 1. The maximum atomic E-state index is 12.8. The molecule has 1 aromatic carbocycles. The number of sulfonamides is 1. The molecular formula is C18H22N4O3S2. The van der Waals surface area contributed by atoms with E-state index in [1.807, 2.05) is 17.0 Å². The zero-order chi connectivity index (χ0) is 18.9. The van der Waals surface area contributed by atoms with E-state index in [0.29, 0.717) is 25.0 Å². The van der Waals surface area contributed by atoms with Crippen LogP contribution >= 0.6 is 11.8 Å². The molecule has 1 amide bonds. The number of pyridine rings is 1. The Bertz CT molecular complexity index is 939. The van der Waals surface area contributed by atoms with Crippen LogP contribution in [0, 0.1) is 5.92 Å². The van der Waals surface area contributed by atoms with Crippen molar-refractivity contribution < 1.29 is 13.2 Å². The molecule has 3 heterocycles. The summed E-state index contributed by atoms with van der Waals surface area (Å²) in [7, 11) is -3.67. The number of hydrogen-bond acceptors (Lipinski definition) is 6. The van der Waals surface area contributed by atoms with Crippen molar-refractivity contribution in [3.8, 4) is 0 Å². The van der Waals surface area contributed by atoms with Crippen LogP contribution in [0.5, 0.6) is 0 Å². The molecule has 4 rings (SSSR count). The first-order chi connectivity index (χ1) is 13.0. The van der Waals surface area contributed by atoms with E-state index in [4.69, 9.17) is 0 Å². The average molecular weight is 407 g/mol. The van der Waals surface area contributed by atoms with Crippen molar-refractivity contribution in [3.63, 3.8) is 0 Å². The maximum Gasteiger partial charge on any atom is 0.242 e. The van der Waals surface area contributed by atoms with Gasteiger partial charge in [0.25, 0.3) is 0 Å². The maximum absolute atomic E-state index is 12.8. The van der Waals surface area contributed by atoms with Crippen LogP contribution in [0.15, 0.2) is 41.4 Å². The second-order valence-electron chi connectivity index (χ2n) is 6.88. The minimum absolute atomic E-state index is 0.0897. The van der Waals surface area contributed by atoms with Crippen molar-refractivity contribution in [2.45, 2.75) is 17.4 Å². The van der Waals surface area contributed by atoms with Crippen LogP contribution in [0.4, 0.5) is 0 Å². The minimum Gasteiger partial charge on any atom is -0.331 e. The number of fused-ring (bicyclic) bond motifs is 1. The molecule has 0 radical (unpaired) electrons. The molecule has 0 unspecified atom stereocenters. The Morgan fingerprint density at radius 2 is 2.19 bits per heavy atom. The number of benzene rings is 1. The Morgan fingerprint density at radius 3 is 3.00 bits per heavy atom. The van der Waals surface area contributed by atoms with Crippen molar-refractivity contribution in [2.24, 2.45) is 5.92 Å². The van der Waals surface area contributed by atoms with Crippen LogP contribution in [-0.2, 0) is 14.8 Å². The molecule has 27 heavy (non-hydrogen) atoms. The topological polar surface area (TPSA) is 91.4 Å². The molecule has 2 atom stereocenters. The predicted octanol–water partition coefficient (Wildman–Crippen LogP) is 1.02. The van der Waals surface area contributed by atoms with Crippen LogP contribution in [0.2, 0.25) is 0 Å². The van der Waals surface area contributed by atoms with Crippen molar-refractivity contribution in [3.05, 3.63) is 36.5 Å². The molecule has 144 valence electrons. The highest BCUT2D eigenvalue weighted by Gasteiger charge is 2.34. The molecule has 0 saturated carbocycles. The van der Waals surface area contributed by atoms with Crippen molar-refractivity contribution in [2.75, 3.05) is 31.3 Å². The summed E-state index contributed by atoms with van der Waals surface area (Å²) in [5.74, 6) is 1.96. The average Bonchev–Trinajstić information content (AvgIpc) is 3.37. The van der Waals surface area contributed by atoms with Crippen LogP contribution in [0.1, 0.15) is 6.42 Å². The van der Waals surface area contributed by atoms with Crippen molar-refractivity contribution in [1.29, 1.82) is 0 Å². The number of amides is 1. The number of nitrogens with zero attached hydrogens (tertiary/aromatic N) is 2. The first-order valence-corrected chi connectivity index (χ1v) is 11.6. The van der Waals surface area contributed by atoms with E-state index in [0.717, 1.165) is 23.6 Å². The van der Waals surface area contributed by atoms with Gasteiger partial charge in [0, 0.05) is 37.0 Å². The van der Waals surface area contributed by atoms with E-state index < -0.39 is 10.0 Å². The number of hydrogen-bond donors (Lipinski definition) is 2. The molecule has 9 heteroatoms. The monoisotopic (exact) mass is 406 g/mol. The number of carbonyl (C=O) groups excluding carboxylic acids is 1. The lowest BCUT2D eigenvalue weighted by Gasteiger charge is -2.19. The van der Waals surface area contributed by atoms with E-state index in [2.05, 4.69) is 15.0 Å². The molecule has 2 aromatic rings. The van der Waals surface area contributed by atoms with Gasteiger partial charge in [0.1, 0.15) is 4.90 Å². The minimum atomic E-state index is -3.67. The number of aromatic nitrogens is 1. The van der Waals surface area contributed by atoms with Gasteiger partial charge >= 0.3 is 0 Å². The van der Waals surface area contributed by atoms with Gasteiger partial charge in [-0.1, -0.05) is 18.2 Å². The fourth-order valence-corrected chi connectivity index (χ4v) is 5.81. The number of carbonyl (C=O) groups is 1. The number of para-hydroxylation sites is 1. The fourth-order valence-electron chi connectivity index (χ4n) is 3.56. The summed E-state index contributed by atoms with van der Waals surface area (Å²) in [6.07, 6.45) is 2.24. The number of nitrogens with one attached hydrogen (secondary N) is 2. The highest BCUT2D eigenvalue weighted by atomic mass is 32.2. The highest BCUT2D eigenvalue weighted by Crippen LogP contribution is 2.22. The van der Waals surface area contributed by atoms with Gasteiger partial charge in [0.05, 0.1) is 17.4 Å². The van der Waals surface area contributed by atoms with Gasteiger partial charge < -0.3 is 10.2 Å². The third kappa shape index (κ3) is 3.96. The zero-order valence-electron chi connectivity index (χ0n) is 14.8. The summed E-state index contributed by atoms with van der Waals surface area (Å²) >= 11 is 1.76. The summed E-state index contributed by atoms with van der Waals surface area (Å²) in [6.45, 7) is 1.73. The van der Waals surface area contributed by atoms with Gasteiger partial charge in [-0.25, -0.2) is 13.1 Å². The highest BCUT2D eigenvalue weighted by molar-refractivity contribution is 7.99. The lowest BCUT2D eigenvalue weighted by Crippen LogP contribution is -2.42. The van der Waals surface area contributed by atoms with E-state index in [1.165, 1.54) is 0 Å². The molecule has 7 nitrogen and oxygen atoms in total. The van der Waals surface area contributed by atoms with Crippen LogP contribution < -0.4 is 10.0 Å². The largest absolute Gasteiger partial charge is 0.331 e. The van der Waals surface area contributed by atoms with Gasteiger partial charge in [-0.05, 0) is 24.5 Å². The van der Waals surface area contributed by atoms with E-state index in [9.17, 15) is 13.2 Å². The first-order valence-electron chi connectivity index (χ1n) is 8.98. The third-order valence-corrected chi connectivity index (χ3v) is 7.45. The summed E-state index contributed by atoms with van der Waals surface area (Å²) < 4.78 is 28.3. The van der Waals surface area contributed by atoms with Crippen LogP contribution in [0.25, 0.3) is 10.9 Å². The molecular weight excluding hydrogens is 384 g/mol. The molecule has 0 bridgehead atoms. The molecule has 2 aliphatic rings. The Morgan fingerprint density at radius 1 is 1.33 bits per heavy atom. The van der Waals surface area contributed by atoms with Crippen LogP contribution in [-0.4, -0.2) is 61.5 Å². The molecule has 2 fully saturated rings. The van der Waals surface area contributed by atoms with Crippen molar-refractivity contribution >= 4 is 38.6 Å². The fraction of sp³-hybridized carbons (Fsp3) is 0.444. The zero-order valence-corrected chi connectivity index (χ0v) is 16.4. The van der Waals surface area contributed by atoms with E-state index in [1.54, 1.807) is 36.2 Å². The summed E-state index contributed by atoms with van der Waals surface area (Å²) in [5, 5.41) is 4.03. The van der Waals surface area contributed by atoms with Gasteiger partial charge in [-0.3, -0.25) is 9.78 Å². The quantitative estimate of drug-likeness (QED) is 0.771. The smallest absolute Gasteiger partial charge is 0.242 e. The summed E-state index contributed by atoms with van der Waals surface area (Å²) in [6, 6.07) is 8.55. The SMILES string of the molecule is O=C([C@@H]1C[C@H](CNS(=O)(=O)c2cccc3cccnc23)CN1)N1CCSC1. The van der Waals surface area contributed by atoms with Gasteiger partial charge in [-0.15, -0.1) is 11.8 Å². The van der Waals surface area contributed by atoms with Gasteiger partial charge in [0.15, 0.2) is 0 Å². The molecule has 0 spiro atoms. The molecule has 0 aliphatic carbocycles. The Balaban J connectivity index is 1.40. The predicted molar refractivity (Wildman–Crippen MR) is 106 cm³/mol. The number of rotatable bonds is 5. The summed E-state index contributed by atoms with van der Waals surface area (Å²) in [4.78, 5) is 18.7. The summed E-state index contributed by atoms with van der Waals surface area (Å²) in [5.41, 5.74) is 0.469. The lowest BCUT2D eigenvalue weighted by atomic mass is 10.1. The van der Waals surface area contributed by atoms with E-state index in [-0.39, 0.29) is 22.8 Å². The molecule has 2 aliphatic heterocycles. The lowest BCUT2D eigenvalue weighted by molar-refractivity contribution is -0.131. The molecule has 2 N–H and O–H groups in total. The third-order valence-electron chi connectivity index (χ3n) is 5.03. The standard InChI is InChI=1S/C18H22N4O3S2/c23-18(22-7-8-26-12-22)15-9-13(10-20-15)11-21-27(24,25)16-5-1-3-14-4-2-6-19-17(14)16/h1-6,13,15,20-21H,7-12H2/t13-,15-/m0/s1. The van der Waals surface area contributed by atoms with Gasteiger partial charge in [-0.2, -0.15) is 0 Å². The van der Waals surface area contributed by atoms with Crippen LogP contribution in [0.3, 0.4) is 0 Å². The Hall–Kier alpha value is -1.68. The Labute approximate surface area is 163 Å². The second kappa shape index (κ2) is 7.75. The molecule has 2 saturated heterocycles. The molecule has 1 aromatic heterocycles. The Kier molecular flexibility index (Phi) is 5.36. The normalized spacial score (nSPS) is 23.2. The first kappa shape index (κ1) is 18.7.